The van der Waals surface area contributed by atoms with E-state index >= 15 is 0 Å². The Morgan fingerprint density at radius 2 is 1.82 bits per heavy atom. The van der Waals surface area contributed by atoms with Crippen molar-refractivity contribution in [2.24, 2.45) is 4.99 Å². The number of fused-ring (bicyclic) bond motifs is 1. The van der Waals surface area contributed by atoms with Crippen LogP contribution in [0.5, 0.6) is 5.75 Å². The molecule has 1 N–H and O–H groups in total. The molecule has 0 aliphatic carbocycles. The van der Waals surface area contributed by atoms with Crippen molar-refractivity contribution in [2.45, 2.75) is 66.7 Å². The standard InChI is InChI=1S/C20H14F4N4O3.C3H8.2C2H6/c21-11-1-2-15(17(5-11)31-13-3-4-30-8-13)28-19-18-14(20(22,23)24)6-12(27-10-29)7-16(18)25-9-26-19;1-3-2;2*1-2/h1-2,5-7,9,13H,3-4,8H2,(H,25,26,28);3H2,1-2H3;2*1-2H3. The lowest BCUT2D eigenvalue weighted by Gasteiger charge is -2.18. The summed E-state index contributed by atoms with van der Waals surface area (Å²) in [6.07, 6.45) is -0.957. The fraction of sp³-hybridized carbons (Fsp3) is 0.444. The highest BCUT2D eigenvalue weighted by Crippen LogP contribution is 2.41. The number of halogens is 4. The van der Waals surface area contributed by atoms with Crippen LogP contribution in [0.3, 0.4) is 0 Å². The molecular formula is C27H34F4N4O3. The Bertz CT molecular complexity index is 1190. The van der Waals surface area contributed by atoms with Crippen LogP contribution in [0.2, 0.25) is 0 Å². The average Bonchev–Trinajstić information content (AvgIpc) is 3.41. The van der Waals surface area contributed by atoms with Crippen molar-refractivity contribution in [3.05, 3.63) is 48.0 Å². The van der Waals surface area contributed by atoms with Gasteiger partial charge >= 0.3 is 6.18 Å². The number of aromatic nitrogens is 2. The molecule has 1 aliphatic rings. The molecule has 0 amide bonds. The largest absolute Gasteiger partial charge is 0.486 e. The third-order valence-electron chi connectivity index (χ3n) is 4.58. The summed E-state index contributed by atoms with van der Waals surface area (Å²) in [5.41, 5.74) is -1.20. The van der Waals surface area contributed by atoms with E-state index in [1.807, 2.05) is 27.7 Å². The number of carbonyl (C=O) groups excluding carboxylic acids is 1. The summed E-state index contributed by atoms with van der Waals surface area (Å²) < 4.78 is 66.0. The maximum Gasteiger partial charge on any atom is 0.417 e. The molecule has 2 aromatic carbocycles. The van der Waals surface area contributed by atoms with Gasteiger partial charge in [0.15, 0.2) is 0 Å². The number of aliphatic imine (C=N–C) groups is 1. The number of nitrogens with one attached hydrogen (secondary N) is 1. The minimum atomic E-state index is -4.78. The average molecular weight is 539 g/mol. The molecule has 1 atom stereocenters. The van der Waals surface area contributed by atoms with Crippen LogP contribution in [0.25, 0.3) is 10.9 Å². The number of hydrogen-bond acceptors (Lipinski definition) is 7. The van der Waals surface area contributed by atoms with Crippen LogP contribution in [0.1, 0.15) is 59.9 Å². The number of ether oxygens (including phenoxy) is 2. The van der Waals surface area contributed by atoms with Gasteiger partial charge in [0.25, 0.3) is 0 Å². The molecule has 1 aliphatic heterocycles. The topological polar surface area (TPSA) is 85.7 Å². The van der Waals surface area contributed by atoms with E-state index in [9.17, 15) is 22.4 Å². The molecule has 1 unspecified atom stereocenters. The second-order valence-corrected chi connectivity index (χ2v) is 7.39. The second-order valence-electron chi connectivity index (χ2n) is 7.39. The molecule has 0 spiro atoms. The van der Waals surface area contributed by atoms with Crippen LogP contribution in [0.4, 0.5) is 34.8 Å². The van der Waals surface area contributed by atoms with Crippen molar-refractivity contribution in [3.8, 4) is 5.75 Å². The third-order valence-corrected chi connectivity index (χ3v) is 4.58. The Balaban J connectivity index is 0.000000944. The summed E-state index contributed by atoms with van der Waals surface area (Å²) in [6.45, 7) is 13.1. The number of isocyanates is 1. The number of rotatable bonds is 5. The lowest BCUT2D eigenvalue weighted by molar-refractivity contribution is -0.136. The zero-order chi connectivity index (χ0) is 28.7. The molecule has 1 aromatic heterocycles. The molecule has 0 bridgehead atoms. The normalized spacial score (nSPS) is 14.0. The fourth-order valence-corrected chi connectivity index (χ4v) is 3.22. The van der Waals surface area contributed by atoms with Gasteiger partial charge in [-0.3, -0.25) is 0 Å². The predicted octanol–water partition coefficient (Wildman–Crippen LogP) is 8.14. The minimum Gasteiger partial charge on any atom is -0.486 e. The number of anilines is 2. The Morgan fingerprint density at radius 3 is 2.39 bits per heavy atom. The first-order valence-corrected chi connectivity index (χ1v) is 12.5. The van der Waals surface area contributed by atoms with E-state index in [1.165, 1.54) is 24.6 Å². The van der Waals surface area contributed by atoms with Gasteiger partial charge in [0.1, 0.15) is 29.8 Å². The van der Waals surface area contributed by atoms with Crippen LogP contribution in [-0.4, -0.2) is 35.4 Å². The summed E-state index contributed by atoms with van der Waals surface area (Å²) in [5.74, 6) is -0.629. The van der Waals surface area contributed by atoms with E-state index in [2.05, 4.69) is 34.1 Å². The van der Waals surface area contributed by atoms with Crippen molar-refractivity contribution in [3.63, 3.8) is 0 Å². The van der Waals surface area contributed by atoms with Gasteiger partial charge < -0.3 is 14.8 Å². The molecule has 2 heterocycles. The molecule has 0 saturated carbocycles. The lowest BCUT2D eigenvalue weighted by atomic mass is 10.1. The molecule has 11 heteroatoms. The Hall–Kier alpha value is -3.56. The highest BCUT2D eigenvalue weighted by Gasteiger charge is 2.35. The number of hydrogen-bond donors (Lipinski definition) is 1. The molecule has 3 aromatic rings. The summed E-state index contributed by atoms with van der Waals surface area (Å²) in [6, 6.07) is 5.53. The third kappa shape index (κ3) is 9.08. The maximum absolute atomic E-state index is 13.8. The van der Waals surface area contributed by atoms with Crippen LogP contribution in [-0.2, 0) is 15.7 Å². The molecule has 1 fully saturated rings. The van der Waals surface area contributed by atoms with Crippen LogP contribution < -0.4 is 10.1 Å². The number of alkyl halides is 3. The quantitative estimate of drug-likeness (QED) is 0.200. The van der Waals surface area contributed by atoms with E-state index in [1.54, 1.807) is 0 Å². The highest BCUT2D eigenvalue weighted by atomic mass is 19.4. The van der Waals surface area contributed by atoms with Crippen LogP contribution in [0, 0.1) is 5.82 Å². The number of nitrogens with zero attached hydrogens (tertiary/aromatic N) is 3. The second kappa shape index (κ2) is 16.3. The van der Waals surface area contributed by atoms with Crippen LogP contribution in [0.15, 0.2) is 41.7 Å². The van der Waals surface area contributed by atoms with Gasteiger partial charge in [0.2, 0.25) is 6.08 Å². The van der Waals surface area contributed by atoms with Crippen LogP contribution >= 0.6 is 0 Å². The van der Waals surface area contributed by atoms with Gasteiger partial charge in [-0.25, -0.2) is 19.2 Å². The van der Waals surface area contributed by atoms with Gasteiger partial charge in [-0.15, -0.1) is 0 Å². The zero-order valence-electron chi connectivity index (χ0n) is 22.4. The zero-order valence-corrected chi connectivity index (χ0v) is 22.4. The molecule has 38 heavy (non-hydrogen) atoms. The Kier molecular flexibility index (Phi) is 13.9. The SMILES string of the molecule is CC.CC.CCC.O=C=Nc1cc(C(F)(F)F)c2c(Nc3ccc(F)cc3OC3CCOC3)ncnc2c1. The maximum atomic E-state index is 13.8. The van der Waals surface area contributed by atoms with Crippen molar-refractivity contribution in [2.75, 3.05) is 18.5 Å². The van der Waals surface area contributed by atoms with Gasteiger partial charge in [-0.05, 0) is 24.3 Å². The monoisotopic (exact) mass is 538 g/mol. The molecule has 1 saturated heterocycles. The molecule has 208 valence electrons. The van der Waals surface area contributed by atoms with Crippen molar-refractivity contribution < 1.29 is 31.8 Å². The number of benzene rings is 2. The first-order valence-electron chi connectivity index (χ1n) is 12.5. The van der Waals surface area contributed by atoms with E-state index < -0.39 is 17.6 Å². The summed E-state index contributed by atoms with van der Waals surface area (Å²) in [7, 11) is 0. The van der Waals surface area contributed by atoms with E-state index in [0.29, 0.717) is 25.7 Å². The Morgan fingerprint density at radius 1 is 1.13 bits per heavy atom. The molecule has 0 radical (unpaired) electrons. The fourth-order valence-electron chi connectivity index (χ4n) is 3.22. The molecule has 7 nitrogen and oxygen atoms in total. The summed E-state index contributed by atoms with van der Waals surface area (Å²) in [4.78, 5) is 21.6. The summed E-state index contributed by atoms with van der Waals surface area (Å²) in [5, 5.41) is 2.46. The lowest BCUT2D eigenvalue weighted by Crippen LogP contribution is -2.16. The highest BCUT2D eigenvalue weighted by molar-refractivity contribution is 5.96. The van der Waals surface area contributed by atoms with Gasteiger partial charge in [-0.2, -0.15) is 18.2 Å². The first kappa shape index (κ1) is 32.5. The van der Waals surface area contributed by atoms with Gasteiger partial charge in [0, 0.05) is 12.5 Å². The minimum absolute atomic E-state index is 0.0879. The molecular weight excluding hydrogens is 504 g/mol. The van der Waals surface area contributed by atoms with Gasteiger partial charge in [0.05, 0.1) is 41.1 Å². The van der Waals surface area contributed by atoms with E-state index in [0.717, 1.165) is 18.5 Å². The van der Waals surface area contributed by atoms with Crippen molar-refractivity contribution in [1.29, 1.82) is 0 Å². The molecule has 4 rings (SSSR count). The summed E-state index contributed by atoms with van der Waals surface area (Å²) >= 11 is 0. The van der Waals surface area contributed by atoms with Gasteiger partial charge in [-0.1, -0.05) is 48.0 Å². The first-order chi connectivity index (χ1) is 18.3. The van der Waals surface area contributed by atoms with E-state index in [-0.39, 0.29) is 39.9 Å². The van der Waals surface area contributed by atoms with Crippen molar-refractivity contribution in [1.82, 2.24) is 9.97 Å². The van der Waals surface area contributed by atoms with E-state index in [4.69, 9.17) is 9.47 Å². The smallest absolute Gasteiger partial charge is 0.417 e. The predicted molar refractivity (Wildman–Crippen MR) is 141 cm³/mol. The van der Waals surface area contributed by atoms with Crippen molar-refractivity contribution >= 4 is 34.2 Å². The Labute approximate surface area is 220 Å².